The average Bonchev–Trinajstić information content (AvgIpc) is 2.46. The number of β-amino-alcohol motifs (C(OH)–C–C–N with tert-alkyl or cyclic N) is 1. The Labute approximate surface area is 73.9 Å². The minimum atomic E-state index is -3.33. The van der Waals surface area contributed by atoms with Gasteiger partial charge in [0.05, 0.1) is 9.77 Å². The summed E-state index contributed by atoms with van der Waals surface area (Å²) >= 11 is 1.27. The zero-order valence-corrected chi connectivity index (χ0v) is 7.65. The number of aliphatic hydroxyl groups is 1. The van der Waals surface area contributed by atoms with Crippen molar-refractivity contribution in [3.05, 3.63) is 16.3 Å². The second kappa shape index (κ2) is 2.53. The monoisotopic (exact) mass is 205 g/mol. The van der Waals surface area contributed by atoms with E-state index in [1.54, 1.807) is 5.38 Å². The van der Waals surface area contributed by atoms with Gasteiger partial charge < -0.3 is 5.11 Å². The molecule has 0 spiro atoms. The maximum absolute atomic E-state index is 11.3. The first kappa shape index (κ1) is 8.18. The summed E-state index contributed by atoms with van der Waals surface area (Å²) in [5.74, 6) is 0. The van der Waals surface area contributed by atoms with Gasteiger partial charge in [-0.05, 0) is 11.4 Å². The second-order valence-electron chi connectivity index (χ2n) is 2.52. The Balaban J connectivity index is 2.65. The molecule has 0 unspecified atom stereocenters. The van der Waals surface area contributed by atoms with Crippen LogP contribution in [0.5, 0.6) is 0 Å². The van der Waals surface area contributed by atoms with Crippen LogP contribution in [0.1, 0.15) is 11.0 Å². The van der Waals surface area contributed by atoms with Crippen LogP contribution in [-0.2, 0) is 10.0 Å². The Morgan fingerprint density at radius 1 is 1.67 bits per heavy atom. The number of aliphatic hydroxyl groups excluding tert-OH is 1. The Morgan fingerprint density at radius 3 is 3.08 bits per heavy atom. The number of nitrogens with one attached hydrogen (secondary N) is 1. The van der Waals surface area contributed by atoms with Gasteiger partial charge in [0, 0.05) is 6.54 Å². The van der Waals surface area contributed by atoms with E-state index in [0.717, 1.165) is 0 Å². The molecule has 0 saturated carbocycles. The standard InChI is InChI=1S/C6H7NO3S2/c8-4-3-7-12(9,10)5-1-2-11-6(4)5/h1-2,4,7-8H,3H2/t4-/m0/s1. The molecular formula is C6H7NO3S2. The first-order valence-corrected chi connectivity index (χ1v) is 5.72. The highest BCUT2D eigenvalue weighted by Crippen LogP contribution is 2.30. The first-order valence-electron chi connectivity index (χ1n) is 3.36. The fourth-order valence-corrected chi connectivity index (χ4v) is 3.65. The van der Waals surface area contributed by atoms with E-state index in [1.165, 1.54) is 17.4 Å². The van der Waals surface area contributed by atoms with Crippen molar-refractivity contribution in [2.24, 2.45) is 0 Å². The van der Waals surface area contributed by atoms with Gasteiger partial charge in [0.1, 0.15) is 6.10 Å². The summed E-state index contributed by atoms with van der Waals surface area (Å²) in [7, 11) is -3.33. The largest absolute Gasteiger partial charge is 0.386 e. The third-order valence-electron chi connectivity index (χ3n) is 1.72. The van der Waals surface area contributed by atoms with Gasteiger partial charge in [-0.1, -0.05) is 0 Å². The highest BCUT2D eigenvalue weighted by molar-refractivity contribution is 7.89. The van der Waals surface area contributed by atoms with Crippen LogP contribution in [0.4, 0.5) is 0 Å². The molecule has 4 nitrogen and oxygen atoms in total. The molecule has 0 aliphatic carbocycles. The Bertz CT molecular complexity index is 395. The molecule has 2 heterocycles. The predicted molar refractivity (Wildman–Crippen MR) is 44.5 cm³/mol. The molecule has 2 N–H and O–H groups in total. The van der Waals surface area contributed by atoms with Crippen molar-refractivity contribution in [2.45, 2.75) is 11.0 Å². The molecule has 2 rings (SSSR count). The van der Waals surface area contributed by atoms with E-state index in [9.17, 15) is 13.5 Å². The maximum Gasteiger partial charge on any atom is 0.241 e. The van der Waals surface area contributed by atoms with Gasteiger partial charge in [0.2, 0.25) is 10.0 Å². The van der Waals surface area contributed by atoms with E-state index in [4.69, 9.17) is 0 Å². The number of hydrogen-bond acceptors (Lipinski definition) is 4. The Kier molecular flexibility index (Phi) is 1.72. The highest BCUT2D eigenvalue weighted by Gasteiger charge is 2.29. The van der Waals surface area contributed by atoms with E-state index in [1.807, 2.05) is 0 Å². The van der Waals surface area contributed by atoms with Crippen molar-refractivity contribution in [1.82, 2.24) is 4.72 Å². The van der Waals surface area contributed by atoms with Crippen LogP contribution in [0.15, 0.2) is 16.3 Å². The Morgan fingerprint density at radius 2 is 2.42 bits per heavy atom. The van der Waals surface area contributed by atoms with Crippen LogP contribution in [0.2, 0.25) is 0 Å². The fraction of sp³-hybridized carbons (Fsp3) is 0.333. The first-order chi connectivity index (χ1) is 5.61. The van der Waals surface area contributed by atoms with Crippen molar-refractivity contribution < 1.29 is 13.5 Å². The number of rotatable bonds is 0. The number of hydrogen-bond donors (Lipinski definition) is 2. The summed E-state index contributed by atoms with van der Waals surface area (Å²) < 4.78 is 24.8. The highest BCUT2D eigenvalue weighted by atomic mass is 32.2. The molecule has 6 heteroatoms. The molecule has 0 aromatic carbocycles. The van der Waals surface area contributed by atoms with Gasteiger partial charge in [-0.2, -0.15) is 0 Å². The molecule has 0 saturated heterocycles. The van der Waals surface area contributed by atoms with E-state index in [0.29, 0.717) is 4.88 Å². The zero-order chi connectivity index (χ0) is 8.77. The van der Waals surface area contributed by atoms with Gasteiger partial charge in [-0.3, -0.25) is 0 Å². The average molecular weight is 205 g/mol. The third-order valence-corrected chi connectivity index (χ3v) is 4.35. The molecule has 1 aliphatic heterocycles. The quantitative estimate of drug-likeness (QED) is 0.630. The lowest BCUT2D eigenvalue weighted by molar-refractivity contribution is 0.179. The Hall–Kier alpha value is -0.430. The summed E-state index contributed by atoms with van der Waals surface area (Å²) in [6.07, 6.45) is -0.691. The topological polar surface area (TPSA) is 66.4 Å². The van der Waals surface area contributed by atoms with Crippen LogP contribution in [0, 0.1) is 0 Å². The molecule has 1 atom stereocenters. The predicted octanol–water partition coefficient (Wildman–Crippen LogP) is 0.0734. The molecule has 0 amide bonds. The molecule has 12 heavy (non-hydrogen) atoms. The lowest BCUT2D eigenvalue weighted by atomic mass is 10.3. The number of fused-ring (bicyclic) bond motifs is 1. The molecule has 0 bridgehead atoms. The summed E-state index contributed by atoms with van der Waals surface area (Å²) in [4.78, 5) is 0.750. The van der Waals surface area contributed by atoms with E-state index in [2.05, 4.69) is 4.72 Å². The summed E-state index contributed by atoms with van der Waals surface area (Å²) in [6, 6.07) is 1.50. The molecule has 66 valence electrons. The van der Waals surface area contributed by atoms with E-state index >= 15 is 0 Å². The molecule has 1 aromatic heterocycles. The zero-order valence-electron chi connectivity index (χ0n) is 6.02. The van der Waals surface area contributed by atoms with Gasteiger partial charge in [-0.15, -0.1) is 11.3 Å². The smallest absolute Gasteiger partial charge is 0.241 e. The normalized spacial score (nSPS) is 26.6. The minimum Gasteiger partial charge on any atom is -0.386 e. The SMILES string of the molecule is O=S1(=O)NC[C@H](O)c2sccc21. The molecule has 0 fully saturated rings. The second-order valence-corrected chi connectivity index (χ2v) is 5.20. The maximum atomic E-state index is 11.3. The van der Waals surface area contributed by atoms with Crippen LogP contribution in [0.25, 0.3) is 0 Å². The van der Waals surface area contributed by atoms with Gasteiger partial charge in [0.25, 0.3) is 0 Å². The molecule has 1 aromatic rings. The van der Waals surface area contributed by atoms with Crippen LogP contribution in [0.3, 0.4) is 0 Å². The van der Waals surface area contributed by atoms with Crippen molar-refractivity contribution in [2.75, 3.05) is 6.54 Å². The van der Waals surface area contributed by atoms with Gasteiger partial charge in [-0.25, -0.2) is 13.1 Å². The van der Waals surface area contributed by atoms with Crippen molar-refractivity contribution in [1.29, 1.82) is 0 Å². The molecule has 1 aliphatic rings. The summed E-state index contributed by atoms with van der Waals surface area (Å²) in [5.41, 5.74) is 0. The van der Waals surface area contributed by atoms with Crippen LogP contribution in [-0.4, -0.2) is 20.1 Å². The minimum absolute atomic E-state index is 0.0792. The van der Waals surface area contributed by atoms with Crippen molar-refractivity contribution in [3.63, 3.8) is 0 Å². The van der Waals surface area contributed by atoms with E-state index in [-0.39, 0.29) is 11.4 Å². The number of sulfonamides is 1. The number of thiophene rings is 1. The molecule has 0 radical (unpaired) electrons. The fourth-order valence-electron chi connectivity index (χ4n) is 1.13. The van der Waals surface area contributed by atoms with Crippen LogP contribution >= 0.6 is 11.3 Å². The van der Waals surface area contributed by atoms with Gasteiger partial charge >= 0.3 is 0 Å². The van der Waals surface area contributed by atoms with Crippen molar-refractivity contribution in [3.8, 4) is 0 Å². The lowest BCUT2D eigenvalue weighted by Crippen LogP contribution is -2.33. The molecular weight excluding hydrogens is 198 g/mol. The van der Waals surface area contributed by atoms with E-state index < -0.39 is 16.1 Å². The van der Waals surface area contributed by atoms with Gasteiger partial charge in [0.15, 0.2) is 0 Å². The van der Waals surface area contributed by atoms with Crippen molar-refractivity contribution >= 4 is 21.4 Å². The summed E-state index contributed by atoms with van der Waals surface area (Å²) in [6.45, 7) is 0.0792. The van der Waals surface area contributed by atoms with Crippen LogP contribution < -0.4 is 4.72 Å². The third kappa shape index (κ3) is 1.08. The summed E-state index contributed by atoms with van der Waals surface area (Å²) in [5, 5.41) is 11.0. The lowest BCUT2D eigenvalue weighted by Gasteiger charge is -2.18.